The van der Waals surface area contributed by atoms with Crippen LogP contribution in [0.4, 0.5) is 4.79 Å². The van der Waals surface area contributed by atoms with Gasteiger partial charge in [0.2, 0.25) is 0 Å². The van der Waals surface area contributed by atoms with E-state index in [1.54, 1.807) is 4.90 Å². The van der Waals surface area contributed by atoms with Gasteiger partial charge in [0, 0.05) is 13.1 Å². The molecule has 0 saturated carbocycles. The summed E-state index contributed by atoms with van der Waals surface area (Å²) in [7, 11) is 0. The Bertz CT molecular complexity index is 315. The molecule has 0 radical (unpaired) electrons. The fourth-order valence-corrected chi connectivity index (χ4v) is 1.61. The van der Waals surface area contributed by atoms with E-state index in [2.05, 4.69) is 4.29 Å². The van der Waals surface area contributed by atoms with Gasteiger partial charge in [-0.1, -0.05) is 24.3 Å². The van der Waals surface area contributed by atoms with Gasteiger partial charge in [0.15, 0.2) is 0 Å². The molecule has 0 fully saturated rings. The summed E-state index contributed by atoms with van der Waals surface area (Å²) in [5.41, 5.74) is 2.31. The quantitative estimate of drug-likeness (QED) is 0.639. The molecule has 13 heavy (non-hydrogen) atoms. The van der Waals surface area contributed by atoms with Crippen molar-refractivity contribution in [1.29, 1.82) is 0 Å². The highest BCUT2D eigenvalue weighted by Crippen LogP contribution is 2.22. The minimum atomic E-state index is -0.488. The van der Waals surface area contributed by atoms with Crippen LogP contribution in [-0.4, -0.2) is 11.0 Å². The number of benzene rings is 1. The highest BCUT2D eigenvalue weighted by molar-refractivity contribution is 6.12. The fraction of sp³-hybridized carbons (Fsp3) is 0.222. The lowest BCUT2D eigenvalue weighted by Crippen LogP contribution is -2.23. The monoisotopic (exact) mass is 197 g/mol. The van der Waals surface area contributed by atoms with Crippen LogP contribution < -0.4 is 0 Å². The highest BCUT2D eigenvalue weighted by atomic mass is 35.5. The van der Waals surface area contributed by atoms with Crippen LogP contribution in [0.2, 0.25) is 0 Å². The second-order valence-electron chi connectivity index (χ2n) is 2.97. The summed E-state index contributed by atoms with van der Waals surface area (Å²) in [5.74, 6) is 0. The van der Waals surface area contributed by atoms with Crippen LogP contribution >= 0.6 is 11.9 Å². The van der Waals surface area contributed by atoms with Crippen LogP contribution in [0.3, 0.4) is 0 Å². The predicted molar refractivity (Wildman–Crippen MR) is 48.0 cm³/mol. The molecule has 2 rings (SSSR count). The van der Waals surface area contributed by atoms with Crippen molar-refractivity contribution in [2.24, 2.45) is 0 Å². The Morgan fingerprint density at radius 1 is 1.31 bits per heavy atom. The molecule has 0 spiro atoms. The number of hydrogen-bond donors (Lipinski definition) is 0. The maximum absolute atomic E-state index is 11.1. The third-order valence-electron chi connectivity index (χ3n) is 2.16. The maximum Gasteiger partial charge on any atom is 0.428 e. The van der Waals surface area contributed by atoms with Gasteiger partial charge in [-0.05, 0) is 11.1 Å². The first-order valence-electron chi connectivity index (χ1n) is 3.95. The lowest BCUT2D eigenvalue weighted by atomic mass is 10.1. The van der Waals surface area contributed by atoms with Crippen molar-refractivity contribution in [2.75, 3.05) is 0 Å². The van der Waals surface area contributed by atoms with Crippen LogP contribution in [-0.2, 0) is 17.4 Å². The minimum Gasteiger partial charge on any atom is -0.330 e. The zero-order valence-electron chi connectivity index (χ0n) is 6.87. The molecule has 0 saturated heterocycles. The molecular formula is C9H8ClNO2. The average molecular weight is 198 g/mol. The van der Waals surface area contributed by atoms with E-state index in [0.717, 1.165) is 11.1 Å². The van der Waals surface area contributed by atoms with Crippen LogP contribution in [0.25, 0.3) is 0 Å². The third-order valence-corrected chi connectivity index (χ3v) is 2.30. The van der Waals surface area contributed by atoms with Crippen molar-refractivity contribution in [1.82, 2.24) is 4.90 Å². The highest BCUT2D eigenvalue weighted by Gasteiger charge is 2.23. The molecule has 0 aliphatic carbocycles. The van der Waals surface area contributed by atoms with Crippen molar-refractivity contribution in [3.63, 3.8) is 0 Å². The SMILES string of the molecule is O=C(OCl)N1Cc2ccccc2C1. The number of carbonyl (C=O) groups excluding carboxylic acids is 1. The number of hydrogen-bond acceptors (Lipinski definition) is 2. The number of fused-ring (bicyclic) bond motifs is 1. The van der Waals surface area contributed by atoms with Gasteiger partial charge in [-0.15, -0.1) is 0 Å². The Morgan fingerprint density at radius 3 is 2.31 bits per heavy atom. The van der Waals surface area contributed by atoms with Gasteiger partial charge in [-0.3, -0.25) is 4.90 Å². The summed E-state index contributed by atoms with van der Waals surface area (Å²) < 4.78 is 4.12. The topological polar surface area (TPSA) is 29.5 Å². The Kier molecular flexibility index (Phi) is 2.10. The number of nitrogens with zero attached hydrogens (tertiary/aromatic N) is 1. The van der Waals surface area contributed by atoms with Gasteiger partial charge in [-0.2, -0.15) is 0 Å². The molecule has 0 N–H and O–H groups in total. The van der Waals surface area contributed by atoms with Gasteiger partial charge in [0.05, 0.1) is 0 Å². The third kappa shape index (κ3) is 1.47. The van der Waals surface area contributed by atoms with E-state index in [4.69, 9.17) is 11.9 Å². The molecular weight excluding hydrogens is 190 g/mol. The van der Waals surface area contributed by atoms with E-state index in [9.17, 15) is 4.79 Å². The maximum atomic E-state index is 11.1. The number of carbonyl (C=O) groups is 1. The molecule has 1 aliphatic heterocycles. The summed E-state index contributed by atoms with van der Waals surface area (Å²) in [4.78, 5) is 12.6. The summed E-state index contributed by atoms with van der Waals surface area (Å²) >= 11 is 4.98. The van der Waals surface area contributed by atoms with Crippen LogP contribution in [0.5, 0.6) is 0 Å². The van der Waals surface area contributed by atoms with E-state index < -0.39 is 6.09 Å². The number of amides is 1. The van der Waals surface area contributed by atoms with Crippen LogP contribution in [0.15, 0.2) is 24.3 Å². The average Bonchev–Trinajstić information content (AvgIpc) is 2.59. The Hall–Kier alpha value is -1.22. The zero-order valence-corrected chi connectivity index (χ0v) is 7.62. The first-order chi connectivity index (χ1) is 6.31. The van der Waals surface area contributed by atoms with Crippen molar-refractivity contribution in [3.8, 4) is 0 Å². The van der Waals surface area contributed by atoms with Gasteiger partial charge in [0.25, 0.3) is 0 Å². The molecule has 0 atom stereocenters. The lowest BCUT2D eigenvalue weighted by Gasteiger charge is -2.10. The van der Waals surface area contributed by atoms with E-state index >= 15 is 0 Å². The molecule has 0 unspecified atom stereocenters. The minimum absolute atomic E-state index is 0.488. The number of halogens is 1. The molecule has 1 amide bonds. The Balaban J connectivity index is 2.18. The summed E-state index contributed by atoms with van der Waals surface area (Å²) in [6.07, 6.45) is -0.488. The summed E-state index contributed by atoms with van der Waals surface area (Å²) in [6.45, 7) is 1.17. The normalized spacial score (nSPS) is 14.1. The largest absolute Gasteiger partial charge is 0.428 e. The van der Waals surface area contributed by atoms with Crippen LogP contribution in [0.1, 0.15) is 11.1 Å². The molecule has 1 heterocycles. The van der Waals surface area contributed by atoms with Crippen LogP contribution in [0, 0.1) is 0 Å². The van der Waals surface area contributed by atoms with Crippen molar-refractivity contribution in [2.45, 2.75) is 13.1 Å². The Morgan fingerprint density at radius 2 is 1.85 bits per heavy atom. The molecule has 1 aromatic carbocycles. The molecule has 68 valence electrons. The second-order valence-corrected chi connectivity index (χ2v) is 3.12. The molecule has 0 aromatic heterocycles. The van der Waals surface area contributed by atoms with Crippen molar-refractivity contribution in [3.05, 3.63) is 35.4 Å². The molecule has 4 heteroatoms. The second kappa shape index (κ2) is 3.26. The van der Waals surface area contributed by atoms with Gasteiger partial charge in [-0.25, -0.2) is 4.79 Å². The fourth-order valence-electron chi connectivity index (χ4n) is 1.51. The first-order valence-corrected chi connectivity index (χ1v) is 4.26. The lowest BCUT2D eigenvalue weighted by molar-refractivity contribution is 0.156. The molecule has 1 aliphatic rings. The smallest absolute Gasteiger partial charge is 0.330 e. The molecule has 1 aromatic rings. The van der Waals surface area contributed by atoms with Gasteiger partial charge in [0.1, 0.15) is 11.9 Å². The molecule has 3 nitrogen and oxygen atoms in total. The summed E-state index contributed by atoms with van der Waals surface area (Å²) in [5, 5.41) is 0. The first kappa shape index (κ1) is 8.38. The number of rotatable bonds is 0. The van der Waals surface area contributed by atoms with E-state index in [1.807, 2.05) is 24.3 Å². The Labute approximate surface area is 81.0 Å². The van der Waals surface area contributed by atoms with Gasteiger partial charge < -0.3 is 4.29 Å². The van der Waals surface area contributed by atoms with Crippen molar-refractivity contribution >= 4 is 18.0 Å². The van der Waals surface area contributed by atoms with E-state index in [0.29, 0.717) is 13.1 Å². The standard InChI is InChI=1S/C9H8ClNO2/c10-13-9(12)11-5-7-3-1-2-4-8(7)6-11/h1-4H,5-6H2. The van der Waals surface area contributed by atoms with Crippen molar-refractivity contribution < 1.29 is 9.08 Å². The summed E-state index contributed by atoms with van der Waals surface area (Å²) in [6, 6.07) is 7.90. The van der Waals surface area contributed by atoms with Gasteiger partial charge >= 0.3 is 6.09 Å². The zero-order chi connectivity index (χ0) is 9.26. The molecule has 0 bridgehead atoms. The predicted octanol–water partition coefficient (Wildman–Crippen LogP) is 2.29. The van der Waals surface area contributed by atoms with E-state index in [1.165, 1.54) is 0 Å². The van der Waals surface area contributed by atoms with E-state index in [-0.39, 0.29) is 0 Å².